The Labute approximate surface area is 64.4 Å². The maximum absolute atomic E-state index is 8.52. The van der Waals surface area contributed by atoms with Crippen LogP contribution in [0.2, 0.25) is 0 Å². The molecule has 0 atom stereocenters. The molecule has 7 heteroatoms. The van der Waals surface area contributed by atoms with Crippen molar-refractivity contribution in [2.45, 2.75) is 0 Å². The molecule has 0 aromatic rings. The van der Waals surface area contributed by atoms with E-state index in [-0.39, 0.29) is 36.5 Å². The van der Waals surface area contributed by atoms with E-state index in [4.69, 9.17) is 17.5 Å². The topological polar surface area (TPSA) is 80.3 Å². The third kappa shape index (κ3) is 172. The van der Waals surface area contributed by atoms with E-state index in [2.05, 4.69) is 0 Å². The summed E-state index contributed by atoms with van der Waals surface area (Å²) in [4.78, 5) is 0. The maximum atomic E-state index is 8.52. The van der Waals surface area contributed by atoms with Crippen LogP contribution in [0.1, 0.15) is 0 Å². The Morgan fingerprint density at radius 3 is 1.14 bits per heavy atom. The van der Waals surface area contributed by atoms with E-state index >= 15 is 0 Å². The quantitative estimate of drug-likeness (QED) is 0.211. The minimum Gasteiger partial charge on any atom is -0.759 e. The molecule has 0 aliphatic heterocycles. The van der Waals surface area contributed by atoms with Crippen molar-refractivity contribution < 1.29 is 36.4 Å². The van der Waals surface area contributed by atoms with Gasteiger partial charge in [-0.25, -0.2) is 0 Å². The molecular formula is GeLiO4S-. The molecule has 0 saturated carbocycles. The predicted molar refractivity (Wildman–Crippen MR) is 16.2 cm³/mol. The van der Waals surface area contributed by atoms with Crippen LogP contribution in [-0.2, 0) is 10.4 Å². The van der Waals surface area contributed by atoms with Crippen molar-refractivity contribution in [2.75, 3.05) is 0 Å². The summed E-state index contributed by atoms with van der Waals surface area (Å²) in [6, 6.07) is 0. The molecule has 0 N–H and O–H groups in total. The third-order valence-electron chi connectivity index (χ3n) is 0. The van der Waals surface area contributed by atoms with Gasteiger partial charge in [0.05, 0.1) is 0 Å². The largest absolute Gasteiger partial charge is 1.00 e. The van der Waals surface area contributed by atoms with Gasteiger partial charge in [0.15, 0.2) is 0 Å². The van der Waals surface area contributed by atoms with Gasteiger partial charge in [-0.2, -0.15) is 0 Å². The van der Waals surface area contributed by atoms with Crippen molar-refractivity contribution in [1.82, 2.24) is 0 Å². The van der Waals surface area contributed by atoms with Crippen molar-refractivity contribution in [3.63, 3.8) is 0 Å². The van der Waals surface area contributed by atoms with Crippen LogP contribution in [0.5, 0.6) is 0 Å². The summed E-state index contributed by atoms with van der Waals surface area (Å²) in [7, 11) is -5.17. The fourth-order valence-corrected chi connectivity index (χ4v) is 0. The molecule has 0 heterocycles. The average Bonchev–Trinajstić information content (AvgIpc) is 0.722. The zero-order valence-electron chi connectivity index (χ0n) is 3.54. The standard InChI is InChI=1S/Ge.Li.H2O4S/c;;1-5(2,3)4/h;;(H2,1,2,3,4)/q;+1;/p-2. The summed E-state index contributed by atoms with van der Waals surface area (Å²) in [5.74, 6) is 0. The molecule has 4 radical (unpaired) electrons. The first-order chi connectivity index (χ1) is 2.00. The van der Waals surface area contributed by atoms with Crippen LogP contribution < -0.4 is 18.9 Å². The van der Waals surface area contributed by atoms with Gasteiger partial charge in [-0.3, -0.25) is 8.42 Å². The first kappa shape index (κ1) is 15.7. The van der Waals surface area contributed by atoms with Crippen LogP contribution in [0.25, 0.3) is 0 Å². The second-order valence-corrected chi connectivity index (χ2v) is 1.22. The summed E-state index contributed by atoms with van der Waals surface area (Å²) >= 11 is 0. The van der Waals surface area contributed by atoms with E-state index in [1.54, 1.807) is 0 Å². The van der Waals surface area contributed by atoms with E-state index in [1.165, 1.54) is 0 Å². The molecule has 0 aliphatic rings. The normalized spacial score (nSPS) is 8.29. The minimum atomic E-state index is -5.17. The predicted octanol–water partition coefficient (Wildman–Crippen LogP) is -4.71. The van der Waals surface area contributed by atoms with Gasteiger partial charge in [-0.15, -0.1) is 0 Å². The van der Waals surface area contributed by atoms with E-state index in [1.807, 2.05) is 0 Å². The van der Waals surface area contributed by atoms with Gasteiger partial charge < -0.3 is 9.11 Å². The molecule has 4 nitrogen and oxygen atoms in total. The Kier molecular flexibility index (Phi) is 11.5. The molecule has 0 saturated heterocycles. The van der Waals surface area contributed by atoms with Crippen molar-refractivity contribution in [3.8, 4) is 0 Å². The van der Waals surface area contributed by atoms with Gasteiger partial charge in [0.25, 0.3) is 0 Å². The van der Waals surface area contributed by atoms with Crippen LogP contribution in [0, 0.1) is 0 Å². The summed E-state index contributed by atoms with van der Waals surface area (Å²) in [6.45, 7) is 0. The van der Waals surface area contributed by atoms with Crippen molar-refractivity contribution >= 4 is 28.0 Å². The van der Waals surface area contributed by atoms with Crippen molar-refractivity contribution in [2.24, 2.45) is 0 Å². The SMILES string of the molecule is O=S(=O)([O-])[O-].[Ge].[Li+]. The zero-order valence-corrected chi connectivity index (χ0v) is 6.46. The molecule has 0 spiro atoms. The summed E-state index contributed by atoms with van der Waals surface area (Å²) < 4.78 is 34.1. The number of rotatable bonds is 0. The molecule has 0 aliphatic carbocycles. The summed E-state index contributed by atoms with van der Waals surface area (Å²) in [6.07, 6.45) is 0. The molecule has 36 valence electrons. The summed E-state index contributed by atoms with van der Waals surface area (Å²) in [5.41, 5.74) is 0. The molecule has 0 rings (SSSR count). The van der Waals surface area contributed by atoms with Crippen LogP contribution in [0.15, 0.2) is 0 Å². The van der Waals surface area contributed by atoms with Gasteiger partial charge in [0.2, 0.25) is 0 Å². The van der Waals surface area contributed by atoms with Crippen molar-refractivity contribution in [3.05, 3.63) is 0 Å². The Morgan fingerprint density at radius 2 is 1.14 bits per heavy atom. The minimum absolute atomic E-state index is 0. The first-order valence-electron chi connectivity index (χ1n) is 0.667. The molecule has 0 fully saturated rings. The molecule has 0 unspecified atom stereocenters. The Bertz CT molecular complexity index is 94.9. The monoisotopic (exact) mass is 177 g/mol. The molecule has 7 heavy (non-hydrogen) atoms. The van der Waals surface area contributed by atoms with Crippen LogP contribution in [-0.4, -0.2) is 35.1 Å². The Morgan fingerprint density at radius 1 is 1.14 bits per heavy atom. The van der Waals surface area contributed by atoms with E-state index in [9.17, 15) is 0 Å². The second-order valence-electron chi connectivity index (χ2n) is 0.408. The fraction of sp³-hybridized carbons (Fsp3) is 0. The molecule has 0 aromatic carbocycles. The second kappa shape index (κ2) is 5.15. The first-order valence-corrected chi connectivity index (χ1v) is 2.00. The number of hydrogen-bond acceptors (Lipinski definition) is 4. The van der Waals surface area contributed by atoms with Gasteiger partial charge in [-0.1, -0.05) is 0 Å². The molecule has 0 bridgehead atoms. The van der Waals surface area contributed by atoms with E-state index in [0.29, 0.717) is 0 Å². The third-order valence-corrected chi connectivity index (χ3v) is 0. The molecule has 0 amide bonds. The molecule has 0 aromatic heterocycles. The van der Waals surface area contributed by atoms with Gasteiger partial charge in [-0.05, 0) is 0 Å². The average molecular weight is 176 g/mol. The Balaban J connectivity index is -0.0000000800. The smallest absolute Gasteiger partial charge is 0.759 e. The van der Waals surface area contributed by atoms with Gasteiger partial charge in [0, 0.05) is 28.0 Å². The van der Waals surface area contributed by atoms with Crippen molar-refractivity contribution in [1.29, 1.82) is 0 Å². The molecular weight excluding hydrogens is 176 g/mol. The van der Waals surface area contributed by atoms with E-state index in [0.717, 1.165) is 0 Å². The number of hydrogen-bond donors (Lipinski definition) is 0. The van der Waals surface area contributed by atoms with E-state index < -0.39 is 10.4 Å². The van der Waals surface area contributed by atoms with Crippen LogP contribution in [0.3, 0.4) is 0 Å². The summed E-state index contributed by atoms with van der Waals surface area (Å²) in [5, 5.41) is 0. The van der Waals surface area contributed by atoms with Gasteiger partial charge in [0.1, 0.15) is 0 Å². The van der Waals surface area contributed by atoms with Gasteiger partial charge >= 0.3 is 18.9 Å². The fourth-order valence-electron chi connectivity index (χ4n) is 0. The Hall–Kier alpha value is 1.01. The van der Waals surface area contributed by atoms with Crippen LogP contribution >= 0.6 is 0 Å². The zero-order chi connectivity index (χ0) is 4.50. The maximum Gasteiger partial charge on any atom is 1.00 e. The van der Waals surface area contributed by atoms with Crippen LogP contribution in [0.4, 0.5) is 0 Å².